The molecule has 0 heterocycles. The van der Waals surface area contributed by atoms with E-state index < -0.39 is 0 Å². The highest BCUT2D eigenvalue weighted by Gasteiger charge is 2.10. The van der Waals surface area contributed by atoms with E-state index in [1.165, 1.54) is 14.2 Å². The van der Waals surface area contributed by atoms with E-state index in [4.69, 9.17) is 9.47 Å². The van der Waals surface area contributed by atoms with Gasteiger partial charge in [-0.1, -0.05) is 22.0 Å². The smallest absolute Gasteiger partial charge is 0.251 e. The molecule has 6 nitrogen and oxygen atoms in total. The summed E-state index contributed by atoms with van der Waals surface area (Å²) < 4.78 is 11.1. The first kappa shape index (κ1) is 18.8. The molecule has 0 fully saturated rings. The first-order valence-electron chi connectivity index (χ1n) is 7.58. The van der Waals surface area contributed by atoms with Gasteiger partial charge in [-0.3, -0.25) is 9.59 Å². The highest BCUT2D eigenvalue weighted by Crippen LogP contribution is 2.22. The zero-order valence-electron chi connectivity index (χ0n) is 14.0. The molecule has 132 valence electrons. The van der Waals surface area contributed by atoms with Crippen LogP contribution in [0.25, 0.3) is 0 Å². The van der Waals surface area contributed by atoms with Gasteiger partial charge in [-0.25, -0.2) is 0 Å². The highest BCUT2D eigenvalue weighted by molar-refractivity contribution is 9.10. The maximum atomic E-state index is 12.2. The lowest BCUT2D eigenvalue weighted by Crippen LogP contribution is -2.34. The Labute approximate surface area is 154 Å². The zero-order chi connectivity index (χ0) is 18.2. The number of carbonyl (C=O) groups is 2. The number of amides is 2. The van der Waals surface area contributed by atoms with Crippen molar-refractivity contribution < 1.29 is 19.1 Å². The van der Waals surface area contributed by atoms with Crippen molar-refractivity contribution in [3.8, 4) is 11.5 Å². The molecule has 0 aromatic heterocycles. The van der Waals surface area contributed by atoms with Crippen LogP contribution in [0.3, 0.4) is 0 Å². The van der Waals surface area contributed by atoms with Gasteiger partial charge in [-0.05, 0) is 30.3 Å². The quantitative estimate of drug-likeness (QED) is 0.692. The Bertz CT molecular complexity index is 742. The van der Waals surface area contributed by atoms with E-state index >= 15 is 0 Å². The van der Waals surface area contributed by atoms with Crippen LogP contribution in [0.4, 0.5) is 0 Å². The summed E-state index contributed by atoms with van der Waals surface area (Å²) in [7, 11) is 3.04. The first-order valence-corrected chi connectivity index (χ1v) is 8.38. The minimum absolute atomic E-state index is 0.196. The number of ether oxygens (including phenoxy) is 2. The number of hydrogen-bond acceptors (Lipinski definition) is 4. The summed E-state index contributed by atoms with van der Waals surface area (Å²) in [5, 5.41) is 5.50. The van der Waals surface area contributed by atoms with E-state index in [2.05, 4.69) is 26.6 Å². The van der Waals surface area contributed by atoms with Gasteiger partial charge in [0.15, 0.2) is 0 Å². The van der Waals surface area contributed by atoms with Gasteiger partial charge in [0.1, 0.15) is 11.5 Å². The molecule has 0 atom stereocenters. The maximum Gasteiger partial charge on any atom is 0.251 e. The number of carbonyl (C=O) groups excluding carboxylic acids is 2. The number of halogens is 1. The summed E-state index contributed by atoms with van der Waals surface area (Å²) in [6, 6.07) is 12.0. The van der Waals surface area contributed by atoms with Crippen LogP contribution in [0.15, 0.2) is 46.9 Å². The van der Waals surface area contributed by atoms with Gasteiger partial charge in [0.2, 0.25) is 0 Å². The Hall–Kier alpha value is -2.54. The van der Waals surface area contributed by atoms with Gasteiger partial charge in [0.25, 0.3) is 11.8 Å². The van der Waals surface area contributed by atoms with Gasteiger partial charge in [-0.15, -0.1) is 0 Å². The minimum atomic E-state index is -0.270. The van der Waals surface area contributed by atoms with Crippen LogP contribution in [0.1, 0.15) is 20.7 Å². The fourth-order valence-corrected chi connectivity index (χ4v) is 2.52. The fourth-order valence-electron chi connectivity index (χ4n) is 2.12. The molecule has 0 aliphatic carbocycles. The highest BCUT2D eigenvalue weighted by atomic mass is 79.9. The average Bonchev–Trinajstić information content (AvgIpc) is 2.64. The topological polar surface area (TPSA) is 76.7 Å². The molecule has 2 amide bonds. The second-order valence-corrected chi connectivity index (χ2v) is 6.04. The van der Waals surface area contributed by atoms with E-state index in [-0.39, 0.29) is 11.8 Å². The summed E-state index contributed by atoms with van der Waals surface area (Å²) in [4.78, 5) is 24.2. The van der Waals surface area contributed by atoms with E-state index in [1.54, 1.807) is 36.4 Å². The van der Waals surface area contributed by atoms with Crippen LogP contribution in [0.5, 0.6) is 11.5 Å². The summed E-state index contributed by atoms with van der Waals surface area (Å²) in [6.45, 7) is 0.621. The predicted octanol–water partition coefficient (Wildman–Crippen LogP) is 2.63. The molecule has 0 saturated carbocycles. The summed E-state index contributed by atoms with van der Waals surface area (Å²) >= 11 is 3.32. The van der Waals surface area contributed by atoms with Crippen LogP contribution < -0.4 is 20.1 Å². The second-order valence-electron chi connectivity index (χ2n) is 5.12. The van der Waals surface area contributed by atoms with Gasteiger partial charge in [0, 0.05) is 34.8 Å². The number of nitrogens with one attached hydrogen (secondary N) is 2. The average molecular weight is 407 g/mol. The second kappa shape index (κ2) is 9.08. The summed E-state index contributed by atoms with van der Waals surface area (Å²) in [6.07, 6.45) is 0. The predicted molar refractivity (Wildman–Crippen MR) is 98.4 cm³/mol. The molecule has 2 aromatic rings. The molecule has 2 aromatic carbocycles. The van der Waals surface area contributed by atoms with Gasteiger partial charge in [0.05, 0.1) is 14.2 Å². The normalized spacial score (nSPS) is 10.0. The van der Waals surface area contributed by atoms with E-state index in [9.17, 15) is 9.59 Å². The molecular formula is C18H19BrN2O4. The molecule has 0 unspecified atom stereocenters. The van der Waals surface area contributed by atoms with Crippen LogP contribution in [-0.2, 0) is 0 Å². The number of methoxy groups -OCH3 is 2. The summed E-state index contributed by atoms with van der Waals surface area (Å²) in [5.41, 5.74) is 0.979. The van der Waals surface area contributed by atoms with Gasteiger partial charge in [-0.2, -0.15) is 0 Å². The van der Waals surface area contributed by atoms with Crippen molar-refractivity contribution in [3.05, 3.63) is 58.1 Å². The van der Waals surface area contributed by atoms with Crippen molar-refractivity contribution in [2.24, 2.45) is 0 Å². The van der Waals surface area contributed by atoms with Crippen molar-refractivity contribution in [1.82, 2.24) is 10.6 Å². The lowest BCUT2D eigenvalue weighted by atomic mass is 10.2. The molecule has 0 saturated heterocycles. The van der Waals surface area contributed by atoms with Crippen LogP contribution in [-0.4, -0.2) is 39.1 Å². The third-order valence-electron chi connectivity index (χ3n) is 3.40. The lowest BCUT2D eigenvalue weighted by molar-refractivity contribution is 0.0927. The third kappa shape index (κ3) is 5.49. The van der Waals surface area contributed by atoms with E-state index in [0.29, 0.717) is 35.7 Å². The van der Waals surface area contributed by atoms with Crippen LogP contribution in [0.2, 0.25) is 0 Å². The largest absolute Gasteiger partial charge is 0.497 e. The molecule has 0 aliphatic rings. The first-order chi connectivity index (χ1) is 12.0. The monoisotopic (exact) mass is 406 g/mol. The minimum Gasteiger partial charge on any atom is -0.497 e. The van der Waals surface area contributed by atoms with E-state index in [1.807, 2.05) is 6.07 Å². The molecule has 0 aliphatic heterocycles. The molecule has 25 heavy (non-hydrogen) atoms. The number of benzene rings is 2. The molecule has 0 radical (unpaired) electrons. The van der Waals surface area contributed by atoms with Crippen molar-refractivity contribution in [2.45, 2.75) is 0 Å². The lowest BCUT2D eigenvalue weighted by Gasteiger charge is -2.10. The van der Waals surface area contributed by atoms with Crippen LogP contribution >= 0.6 is 15.9 Å². The molecule has 2 rings (SSSR count). The fraction of sp³-hybridized carbons (Fsp3) is 0.222. The number of rotatable bonds is 7. The Balaban J connectivity index is 1.85. The number of hydrogen-bond donors (Lipinski definition) is 2. The zero-order valence-corrected chi connectivity index (χ0v) is 15.6. The van der Waals surface area contributed by atoms with Crippen molar-refractivity contribution in [2.75, 3.05) is 27.3 Å². The van der Waals surface area contributed by atoms with Crippen molar-refractivity contribution >= 4 is 27.7 Å². The molecule has 7 heteroatoms. The summed E-state index contributed by atoms with van der Waals surface area (Å²) in [5.74, 6) is 0.604. The Kier molecular flexibility index (Phi) is 6.82. The van der Waals surface area contributed by atoms with E-state index in [0.717, 1.165) is 4.47 Å². The SMILES string of the molecule is COc1cc(OC)cc(C(=O)NCCNC(=O)c2cccc(Br)c2)c1. The van der Waals surface area contributed by atoms with Gasteiger partial charge >= 0.3 is 0 Å². The van der Waals surface area contributed by atoms with Crippen LogP contribution in [0, 0.1) is 0 Å². The Morgan fingerprint density at radius 1 is 0.880 bits per heavy atom. The Morgan fingerprint density at radius 3 is 1.96 bits per heavy atom. The Morgan fingerprint density at radius 2 is 1.44 bits per heavy atom. The molecule has 0 spiro atoms. The maximum absolute atomic E-state index is 12.2. The molecule has 2 N–H and O–H groups in total. The van der Waals surface area contributed by atoms with Gasteiger partial charge < -0.3 is 20.1 Å². The molecular weight excluding hydrogens is 388 g/mol. The third-order valence-corrected chi connectivity index (χ3v) is 3.89. The van der Waals surface area contributed by atoms with Crippen molar-refractivity contribution in [1.29, 1.82) is 0 Å². The molecule has 0 bridgehead atoms. The standard InChI is InChI=1S/C18H19BrN2O4/c1-24-15-9-13(10-16(11-15)25-2)18(23)21-7-6-20-17(22)12-4-3-5-14(19)8-12/h3-5,8-11H,6-7H2,1-2H3,(H,20,22)(H,21,23). The van der Waals surface area contributed by atoms with Crippen molar-refractivity contribution in [3.63, 3.8) is 0 Å².